The number of alkyl halides is 1. The van der Waals surface area contributed by atoms with Crippen molar-refractivity contribution >= 4 is 77.6 Å². The maximum atomic E-state index is 15.9. The number of hydrogen-bond donors (Lipinski definition) is 5. The van der Waals surface area contributed by atoms with E-state index in [1.165, 1.54) is 23.4 Å². The van der Waals surface area contributed by atoms with Crippen molar-refractivity contribution in [2.24, 2.45) is 0 Å². The quantitative estimate of drug-likeness (QED) is 0.111. The Balaban J connectivity index is 1.38. The van der Waals surface area contributed by atoms with Crippen molar-refractivity contribution in [2.75, 3.05) is 18.9 Å². The molecule has 0 aliphatic carbocycles. The van der Waals surface area contributed by atoms with Crippen LogP contribution in [0.3, 0.4) is 0 Å². The predicted molar refractivity (Wildman–Crippen MR) is 147 cm³/mol. The van der Waals surface area contributed by atoms with E-state index in [4.69, 9.17) is 35.6 Å². The van der Waals surface area contributed by atoms with Crippen molar-refractivity contribution in [1.29, 1.82) is 0 Å². The zero-order valence-electron chi connectivity index (χ0n) is 20.1. The van der Waals surface area contributed by atoms with Gasteiger partial charge in [0.2, 0.25) is 5.52 Å². The highest BCUT2D eigenvalue weighted by molar-refractivity contribution is 8.44. The zero-order chi connectivity index (χ0) is 28.2. The summed E-state index contributed by atoms with van der Waals surface area (Å²) in [6, 6.07) is 0. The highest BCUT2D eigenvalue weighted by Crippen LogP contribution is 2.59. The molecular weight excluding hydrogens is 631 g/mol. The predicted octanol–water partition coefficient (Wildman–Crippen LogP) is 1.12. The second-order valence-corrected chi connectivity index (χ2v) is 15.7. The molecule has 5 N–H and O–H groups in total. The second kappa shape index (κ2) is 10.7. The Bertz CT molecular complexity index is 1750. The average molecular weight is 653 g/mol. The van der Waals surface area contributed by atoms with Crippen LogP contribution in [0.1, 0.15) is 11.2 Å². The molecule has 4 aromatic heterocycles. The fourth-order valence-corrected chi connectivity index (χ4v) is 8.56. The molecule has 214 valence electrons. The third-order valence-electron chi connectivity index (χ3n) is 6.12. The van der Waals surface area contributed by atoms with Crippen LogP contribution in [-0.2, 0) is 47.6 Å². The number of thiol groups is 1. The summed E-state index contributed by atoms with van der Waals surface area (Å²) in [4.78, 5) is 44.8. The molecule has 6 rings (SSSR count). The monoisotopic (exact) mass is 652 g/mol. The number of imidazole rings is 2. The Morgan fingerprint density at radius 2 is 2.17 bits per heavy atom. The van der Waals surface area contributed by atoms with Gasteiger partial charge >= 0.3 is 19.2 Å². The van der Waals surface area contributed by atoms with Gasteiger partial charge in [-0.3, -0.25) is 23.8 Å². The molecule has 2 aliphatic heterocycles. The number of aromatic nitrogens is 8. The Morgan fingerprint density at radius 1 is 1.35 bits per heavy atom. The molecule has 1 saturated heterocycles. The molecule has 0 radical (unpaired) electrons. The van der Waals surface area contributed by atoms with E-state index < -0.39 is 42.0 Å². The van der Waals surface area contributed by atoms with Gasteiger partial charge in [0.15, 0.2) is 17.3 Å². The topological polar surface area (TPSA) is 209 Å². The van der Waals surface area contributed by atoms with Crippen LogP contribution in [0.15, 0.2) is 23.6 Å². The van der Waals surface area contributed by atoms with E-state index in [0.717, 1.165) is 11.8 Å². The van der Waals surface area contributed by atoms with Gasteiger partial charge in [0, 0.05) is 6.54 Å². The number of halogens is 1. The lowest BCUT2D eigenvalue weighted by atomic mass is 10.1. The van der Waals surface area contributed by atoms with Crippen LogP contribution in [0.2, 0.25) is 0 Å². The fraction of sp³-hybridized carbons (Fsp3) is 0.444. The zero-order valence-corrected chi connectivity index (χ0v) is 24.4. The standard InChI is InChI=1S/C18H20FN9O7P2S3/c19-11-9-4-33-36(30,38)32-2-1-27-10(24-8-3-21-6-22-14(8)27)5-34-37(31,39)35-13(11)17(40-9)28-7-23-12-15(28)25-18(20)26-16(12)29/h3,6-7,9,11,13,17H,1-2,4-5H2,(H5,20,25,26,29,30,31,38,39)/p+1. The molecular formula is C18H21FN9O7P2S3+. The Labute approximate surface area is 238 Å². The summed E-state index contributed by atoms with van der Waals surface area (Å²) < 4.78 is 54.5. The minimum Gasteiger partial charge on any atom is -0.355 e. The summed E-state index contributed by atoms with van der Waals surface area (Å²) in [6.07, 6.45) is 0.962. The van der Waals surface area contributed by atoms with Crippen LogP contribution < -0.4 is 15.9 Å². The number of nitrogen functional groups attached to an aromatic ring is 1. The smallest absolute Gasteiger partial charge is 0.355 e. The van der Waals surface area contributed by atoms with E-state index in [1.807, 2.05) is 0 Å². The molecule has 16 nitrogen and oxygen atoms in total. The molecule has 2 bridgehead atoms. The van der Waals surface area contributed by atoms with Crippen molar-refractivity contribution in [3.63, 3.8) is 0 Å². The Hall–Kier alpha value is -1.99. The third kappa shape index (κ3) is 5.45. The number of fused-ring (bicyclic) bond motifs is 6. The Morgan fingerprint density at radius 3 is 3.00 bits per heavy atom. The number of nitrogens with two attached hydrogens (primary N) is 1. The summed E-state index contributed by atoms with van der Waals surface area (Å²) in [6.45, 7) is -8.68. The summed E-state index contributed by atoms with van der Waals surface area (Å²) in [5, 5.41) is -1.90. The molecule has 6 unspecified atom stereocenters. The Kier molecular flexibility index (Phi) is 7.52. The van der Waals surface area contributed by atoms with Crippen LogP contribution >= 0.6 is 37.5 Å². The number of nitrogens with zero attached hydrogens (tertiary/aromatic N) is 6. The summed E-state index contributed by atoms with van der Waals surface area (Å²) in [5.41, 5.74) is 6.23. The van der Waals surface area contributed by atoms with E-state index in [2.05, 4.69) is 42.2 Å². The fourth-order valence-electron chi connectivity index (χ4n) is 4.40. The van der Waals surface area contributed by atoms with E-state index in [9.17, 15) is 14.3 Å². The largest absolute Gasteiger partial charge is 0.387 e. The van der Waals surface area contributed by atoms with Gasteiger partial charge < -0.3 is 24.2 Å². The normalized spacial score (nSPS) is 32.1. The second-order valence-electron chi connectivity index (χ2n) is 8.66. The van der Waals surface area contributed by atoms with Crippen LogP contribution in [-0.4, -0.2) is 70.1 Å². The lowest BCUT2D eigenvalue weighted by Gasteiger charge is -2.23. The number of nitrogens with one attached hydrogen (secondary N) is 2. The lowest BCUT2D eigenvalue weighted by Crippen LogP contribution is -2.44. The maximum absolute atomic E-state index is 15.9. The minimum absolute atomic E-state index is 0.0809. The first-order valence-corrected chi connectivity index (χ1v) is 17.7. The van der Waals surface area contributed by atoms with E-state index in [1.54, 1.807) is 4.57 Å². The van der Waals surface area contributed by atoms with Gasteiger partial charge in [0.25, 0.3) is 11.5 Å². The number of aromatic amines is 2. The average Bonchev–Trinajstić information content (AvgIpc) is 3.55. The molecule has 1 fully saturated rings. The highest BCUT2D eigenvalue weighted by Gasteiger charge is 2.52. The van der Waals surface area contributed by atoms with Gasteiger partial charge in [0.1, 0.15) is 36.6 Å². The molecule has 0 saturated carbocycles. The van der Waals surface area contributed by atoms with Gasteiger partial charge in [-0.15, -0.1) is 11.8 Å². The first kappa shape index (κ1) is 28.1. The van der Waals surface area contributed by atoms with Gasteiger partial charge in [-0.25, -0.2) is 28.5 Å². The molecule has 40 heavy (non-hydrogen) atoms. The van der Waals surface area contributed by atoms with Crippen molar-refractivity contribution in [2.45, 2.75) is 36.1 Å². The highest BCUT2D eigenvalue weighted by atomic mass is 32.7. The molecule has 6 heterocycles. The van der Waals surface area contributed by atoms with Gasteiger partial charge in [-0.1, -0.05) is 17.2 Å². The SMILES string of the molecule is Nc1nc2c([nH]c[n+]2C2SC3COP(O)(=S)OCCn4c(nc5cncnc54)COP(=O)(S)OC2C3F)c(=O)[nH]1. The number of H-pyrrole nitrogens is 2. The molecule has 0 spiro atoms. The van der Waals surface area contributed by atoms with Crippen molar-refractivity contribution < 1.29 is 36.5 Å². The van der Waals surface area contributed by atoms with E-state index >= 15 is 4.39 Å². The summed E-state index contributed by atoms with van der Waals surface area (Å²) in [7, 11) is 0. The molecule has 22 heteroatoms. The number of hydrogen-bond acceptors (Lipinski definition) is 13. The van der Waals surface area contributed by atoms with Gasteiger partial charge in [0.05, 0.1) is 24.7 Å². The minimum atomic E-state index is -4.22. The molecule has 6 atom stereocenters. The summed E-state index contributed by atoms with van der Waals surface area (Å²) >= 11 is 10.3. The van der Waals surface area contributed by atoms with E-state index in [-0.39, 0.29) is 49.3 Å². The summed E-state index contributed by atoms with van der Waals surface area (Å²) in [5.74, 6) is 0.113. The van der Waals surface area contributed by atoms with Crippen LogP contribution in [0.25, 0.3) is 22.3 Å². The maximum Gasteiger partial charge on any atom is 0.387 e. The van der Waals surface area contributed by atoms with Gasteiger partial charge in [-0.2, -0.15) is 0 Å². The number of thioether (sulfide) groups is 1. The molecule has 0 aromatic carbocycles. The van der Waals surface area contributed by atoms with Crippen molar-refractivity contribution in [3.05, 3.63) is 35.0 Å². The van der Waals surface area contributed by atoms with Crippen LogP contribution in [0.5, 0.6) is 0 Å². The van der Waals surface area contributed by atoms with Crippen molar-refractivity contribution in [1.82, 2.24) is 34.5 Å². The van der Waals surface area contributed by atoms with Crippen molar-refractivity contribution in [3.8, 4) is 0 Å². The first-order chi connectivity index (χ1) is 19.0. The first-order valence-electron chi connectivity index (χ1n) is 11.5. The number of anilines is 1. The van der Waals surface area contributed by atoms with Gasteiger partial charge in [-0.05, 0) is 11.8 Å². The number of rotatable bonds is 1. The third-order valence-corrected chi connectivity index (χ3v) is 10.9. The lowest BCUT2D eigenvalue weighted by molar-refractivity contribution is -0.682. The van der Waals surface area contributed by atoms with Crippen LogP contribution in [0, 0.1) is 0 Å². The van der Waals surface area contributed by atoms with E-state index in [0.29, 0.717) is 11.2 Å². The molecule has 0 amide bonds. The van der Waals surface area contributed by atoms with Crippen LogP contribution in [0.4, 0.5) is 10.3 Å². The molecule has 4 aromatic rings. The molecule has 2 aliphatic rings.